The summed E-state index contributed by atoms with van der Waals surface area (Å²) in [6, 6.07) is 13.5. The van der Waals surface area contributed by atoms with Crippen molar-refractivity contribution in [2.45, 2.75) is 59.0 Å². The minimum Gasteiger partial charge on any atom is -0.497 e. The zero-order chi connectivity index (χ0) is 28.3. The minimum absolute atomic E-state index is 0.0762. The monoisotopic (exact) mass is 584 g/mol. The normalized spacial score (nSPS) is 20.2. The number of methoxy groups -OCH3 is 2. The zero-order valence-electron chi connectivity index (χ0n) is 21.9. The summed E-state index contributed by atoms with van der Waals surface area (Å²) in [5.41, 5.74) is 0.795. The van der Waals surface area contributed by atoms with Crippen LogP contribution < -0.4 is 4.74 Å². The Morgan fingerprint density at radius 2 is 1.90 bits per heavy atom. The Hall–Kier alpha value is -2.54. The second kappa shape index (κ2) is 11.9. The van der Waals surface area contributed by atoms with E-state index in [4.69, 9.17) is 19.3 Å². The summed E-state index contributed by atoms with van der Waals surface area (Å²) in [5.74, 6) is 1.44. The predicted octanol–water partition coefficient (Wildman–Crippen LogP) is 5.93. The van der Waals surface area contributed by atoms with Gasteiger partial charge in [0, 0.05) is 19.5 Å². The number of halogens is 3. The quantitative estimate of drug-likeness (QED) is 0.273. The first-order chi connectivity index (χ1) is 18.5. The number of benzene rings is 2. The van der Waals surface area contributed by atoms with Crippen molar-refractivity contribution >= 4 is 21.6 Å². The van der Waals surface area contributed by atoms with E-state index in [9.17, 15) is 21.6 Å². The smallest absolute Gasteiger partial charge is 0.416 e. The average molecular weight is 585 g/mol. The molecule has 0 aliphatic carbocycles. The number of rotatable bonds is 10. The third-order valence-corrected chi connectivity index (χ3v) is 10.4. The van der Waals surface area contributed by atoms with Crippen LogP contribution in [0, 0.1) is 0 Å². The maximum atomic E-state index is 13.7. The Morgan fingerprint density at radius 1 is 1.15 bits per heavy atom. The van der Waals surface area contributed by atoms with Crippen LogP contribution in [0.3, 0.4) is 0 Å². The molecule has 1 fully saturated rings. The van der Waals surface area contributed by atoms with Crippen molar-refractivity contribution < 1.29 is 35.8 Å². The van der Waals surface area contributed by atoms with E-state index in [1.54, 1.807) is 25.8 Å². The Morgan fingerprint density at radius 3 is 2.56 bits per heavy atom. The number of nitrogens with zero attached hydrogens (tertiary/aromatic N) is 2. The van der Waals surface area contributed by atoms with Gasteiger partial charge < -0.3 is 14.2 Å². The van der Waals surface area contributed by atoms with Gasteiger partial charge in [-0.3, -0.25) is 4.68 Å². The maximum absolute atomic E-state index is 13.7. The molecule has 2 aromatic carbocycles. The van der Waals surface area contributed by atoms with E-state index >= 15 is 0 Å². The Kier molecular flexibility index (Phi) is 8.99. The molecule has 2 unspecified atom stereocenters. The summed E-state index contributed by atoms with van der Waals surface area (Å²) < 4.78 is 84.1. The van der Waals surface area contributed by atoms with Crippen molar-refractivity contribution in [3.05, 3.63) is 71.4 Å². The largest absolute Gasteiger partial charge is 0.497 e. The summed E-state index contributed by atoms with van der Waals surface area (Å²) in [4.78, 5) is -0.343. The Labute approximate surface area is 230 Å². The van der Waals surface area contributed by atoms with Gasteiger partial charge in [0.25, 0.3) is 0 Å². The summed E-state index contributed by atoms with van der Waals surface area (Å²) >= 11 is 1.53. The molecule has 0 amide bonds. The van der Waals surface area contributed by atoms with Gasteiger partial charge >= 0.3 is 6.18 Å². The van der Waals surface area contributed by atoms with Gasteiger partial charge in [0.1, 0.15) is 16.9 Å². The predicted molar refractivity (Wildman–Crippen MR) is 142 cm³/mol. The average Bonchev–Trinajstić information content (AvgIpc) is 3.33. The third-order valence-electron chi connectivity index (χ3n) is 6.86. The molecule has 2 heterocycles. The lowest BCUT2D eigenvalue weighted by molar-refractivity contribution is -0.137. The molecule has 0 N–H and O–H groups in total. The molecule has 39 heavy (non-hydrogen) atoms. The standard InChI is InChI=1S/C27H31F3N2O5S2/c1-26(39(33,34)22-6-4-5-20(15-22)27(28,29)30)11-13-37-24(17-26)23-16-25(31-32(23)12-14-35-2)38-18-19-7-9-21(36-3)10-8-19/h4-10,15-16,24H,11-14,17-18H2,1-3H3. The second-order valence-corrected chi connectivity index (χ2v) is 13.0. The Balaban J connectivity index is 1.58. The molecular formula is C27H31F3N2O5S2. The minimum atomic E-state index is -4.64. The van der Waals surface area contributed by atoms with Crippen LogP contribution in [0.1, 0.15) is 42.7 Å². The van der Waals surface area contributed by atoms with Crippen molar-refractivity contribution in [1.29, 1.82) is 0 Å². The molecule has 1 aromatic heterocycles. The van der Waals surface area contributed by atoms with E-state index in [2.05, 4.69) is 0 Å². The highest BCUT2D eigenvalue weighted by atomic mass is 32.2. The van der Waals surface area contributed by atoms with Crippen LogP contribution in [-0.2, 0) is 37.8 Å². The van der Waals surface area contributed by atoms with Crippen molar-refractivity contribution in [3.8, 4) is 5.75 Å². The molecule has 0 spiro atoms. The van der Waals surface area contributed by atoms with Gasteiger partial charge in [0.15, 0.2) is 9.84 Å². The fraction of sp³-hybridized carbons (Fsp3) is 0.444. The third kappa shape index (κ3) is 6.62. The van der Waals surface area contributed by atoms with Crippen LogP contribution in [0.2, 0.25) is 0 Å². The number of sulfone groups is 1. The lowest BCUT2D eigenvalue weighted by Crippen LogP contribution is -2.42. The number of hydrogen-bond donors (Lipinski definition) is 0. The first-order valence-electron chi connectivity index (χ1n) is 12.3. The highest BCUT2D eigenvalue weighted by Crippen LogP contribution is 2.43. The number of ether oxygens (including phenoxy) is 3. The van der Waals surface area contributed by atoms with E-state index in [0.717, 1.165) is 28.5 Å². The van der Waals surface area contributed by atoms with E-state index < -0.39 is 32.4 Å². The summed E-state index contributed by atoms with van der Waals surface area (Å²) in [7, 11) is -0.916. The topological polar surface area (TPSA) is 79.7 Å². The summed E-state index contributed by atoms with van der Waals surface area (Å²) in [6.45, 7) is 2.55. The first kappa shape index (κ1) is 29.4. The molecule has 212 valence electrons. The summed E-state index contributed by atoms with van der Waals surface area (Å²) in [5, 5.41) is 5.44. The molecule has 12 heteroatoms. The molecule has 0 bridgehead atoms. The number of aromatic nitrogens is 2. The van der Waals surface area contributed by atoms with Crippen LogP contribution in [0.5, 0.6) is 5.75 Å². The van der Waals surface area contributed by atoms with Crippen molar-refractivity contribution in [2.75, 3.05) is 27.4 Å². The SMILES string of the molecule is COCCn1nc(SCc2ccc(OC)cc2)cc1C1CC(C)(S(=O)(=O)c2cccc(C(F)(F)F)c2)CCO1. The van der Waals surface area contributed by atoms with Gasteiger partial charge in [0.05, 0.1) is 41.2 Å². The van der Waals surface area contributed by atoms with Gasteiger partial charge in [0.2, 0.25) is 0 Å². The van der Waals surface area contributed by atoms with E-state index in [1.165, 1.54) is 17.8 Å². The molecule has 0 saturated carbocycles. The molecule has 1 aliphatic rings. The van der Waals surface area contributed by atoms with Crippen molar-refractivity contribution in [3.63, 3.8) is 0 Å². The van der Waals surface area contributed by atoms with Crippen LogP contribution in [0.25, 0.3) is 0 Å². The fourth-order valence-electron chi connectivity index (χ4n) is 4.50. The highest BCUT2D eigenvalue weighted by Gasteiger charge is 2.46. The first-order valence-corrected chi connectivity index (χ1v) is 14.8. The van der Waals surface area contributed by atoms with Gasteiger partial charge in [-0.15, -0.1) is 0 Å². The van der Waals surface area contributed by atoms with Gasteiger partial charge in [-0.05, 0) is 61.7 Å². The van der Waals surface area contributed by atoms with Gasteiger partial charge in [-0.2, -0.15) is 18.3 Å². The van der Waals surface area contributed by atoms with Gasteiger partial charge in [-0.25, -0.2) is 8.42 Å². The highest BCUT2D eigenvalue weighted by molar-refractivity contribution is 7.98. The van der Waals surface area contributed by atoms with Crippen LogP contribution in [0.4, 0.5) is 13.2 Å². The molecular weight excluding hydrogens is 553 g/mol. The maximum Gasteiger partial charge on any atom is 0.416 e. The molecule has 2 atom stereocenters. The molecule has 3 aromatic rings. The van der Waals surface area contributed by atoms with E-state index in [1.807, 2.05) is 30.3 Å². The molecule has 7 nitrogen and oxygen atoms in total. The summed E-state index contributed by atoms with van der Waals surface area (Å²) in [6.07, 6.45) is -5.01. The lowest BCUT2D eigenvalue weighted by Gasteiger charge is -2.37. The molecule has 1 aliphatic heterocycles. The van der Waals surface area contributed by atoms with Crippen LogP contribution in [0.15, 0.2) is 64.5 Å². The number of alkyl halides is 3. The van der Waals surface area contributed by atoms with Crippen molar-refractivity contribution in [2.24, 2.45) is 0 Å². The number of thioether (sulfide) groups is 1. The number of hydrogen-bond acceptors (Lipinski definition) is 7. The zero-order valence-corrected chi connectivity index (χ0v) is 23.5. The van der Waals surface area contributed by atoms with E-state index in [0.29, 0.717) is 30.7 Å². The Bertz CT molecular complexity index is 1380. The fourth-order valence-corrected chi connectivity index (χ4v) is 7.20. The molecule has 4 rings (SSSR count). The second-order valence-electron chi connectivity index (χ2n) is 9.55. The van der Waals surface area contributed by atoms with Crippen LogP contribution >= 0.6 is 11.8 Å². The lowest BCUT2D eigenvalue weighted by atomic mass is 9.95. The van der Waals surface area contributed by atoms with Crippen LogP contribution in [-0.4, -0.2) is 50.4 Å². The van der Waals surface area contributed by atoms with Gasteiger partial charge in [-0.1, -0.05) is 30.0 Å². The molecule has 0 radical (unpaired) electrons. The molecule has 1 saturated heterocycles. The van der Waals surface area contributed by atoms with E-state index in [-0.39, 0.29) is 24.3 Å². The van der Waals surface area contributed by atoms with Crippen molar-refractivity contribution in [1.82, 2.24) is 9.78 Å².